The molecule has 0 saturated carbocycles. The second kappa shape index (κ2) is 6.76. The van der Waals surface area contributed by atoms with E-state index in [1.165, 1.54) is 0 Å². The number of anilines is 2. The van der Waals surface area contributed by atoms with Crippen molar-refractivity contribution in [3.05, 3.63) is 59.9 Å². The molecule has 3 rings (SSSR count). The molecule has 0 atom stereocenters. The standard InChI is InChI=1S/C16H13NO3.K/c1-10-6-2-4-8-12(10)17-14-11-7-3-5-9-13(11)20-15(14)16(18)19;/h2-9,17H,1H3,(H,18,19);/q;+1/p-1. The van der Waals surface area contributed by atoms with Gasteiger partial charge in [-0.25, -0.2) is 0 Å². The minimum atomic E-state index is -1.34. The van der Waals surface area contributed by atoms with Crippen LogP contribution in [0.4, 0.5) is 11.4 Å². The van der Waals surface area contributed by atoms with E-state index in [0.717, 1.165) is 16.6 Å². The van der Waals surface area contributed by atoms with Gasteiger partial charge in [-0.3, -0.25) is 0 Å². The van der Waals surface area contributed by atoms with Crippen LogP contribution in [0.5, 0.6) is 0 Å². The monoisotopic (exact) mass is 305 g/mol. The maximum absolute atomic E-state index is 11.2. The van der Waals surface area contributed by atoms with Crippen LogP contribution >= 0.6 is 0 Å². The molecule has 1 heterocycles. The molecule has 2 aromatic carbocycles. The van der Waals surface area contributed by atoms with Crippen LogP contribution in [0.15, 0.2) is 52.9 Å². The SMILES string of the molecule is Cc1ccccc1Nc1c(C(=O)[O-])oc2ccccc12.[K+]. The van der Waals surface area contributed by atoms with Gasteiger partial charge in [0.15, 0.2) is 5.76 Å². The Bertz CT molecular complexity index is 795. The summed E-state index contributed by atoms with van der Waals surface area (Å²) >= 11 is 0. The van der Waals surface area contributed by atoms with Crippen LogP contribution in [0, 0.1) is 6.92 Å². The predicted octanol–water partition coefficient (Wildman–Crippen LogP) is -0.148. The summed E-state index contributed by atoms with van der Waals surface area (Å²) < 4.78 is 5.35. The minimum Gasteiger partial charge on any atom is -0.541 e. The Morgan fingerprint density at radius 2 is 1.76 bits per heavy atom. The van der Waals surface area contributed by atoms with E-state index in [0.29, 0.717) is 11.3 Å². The Morgan fingerprint density at radius 3 is 2.48 bits per heavy atom. The van der Waals surface area contributed by atoms with Crippen molar-refractivity contribution in [3.8, 4) is 0 Å². The molecular formula is C16H12KNO3. The van der Waals surface area contributed by atoms with E-state index in [-0.39, 0.29) is 57.1 Å². The smallest absolute Gasteiger partial charge is 0.541 e. The van der Waals surface area contributed by atoms with Crippen molar-refractivity contribution < 1.29 is 65.7 Å². The Hall–Kier alpha value is -1.11. The molecule has 0 amide bonds. The summed E-state index contributed by atoms with van der Waals surface area (Å²) in [5.74, 6) is -1.52. The van der Waals surface area contributed by atoms with Gasteiger partial charge in [-0.05, 0) is 30.7 Å². The zero-order valence-corrected chi connectivity index (χ0v) is 15.0. The van der Waals surface area contributed by atoms with Crippen LogP contribution in [-0.4, -0.2) is 5.97 Å². The van der Waals surface area contributed by atoms with Crippen molar-refractivity contribution in [2.45, 2.75) is 6.92 Å². The summed E-state index contributed by atoms with van der Waals surface area (Å²) in [6.45, 7) is 1.95. The van der Waals surface area contributed by atoms with Gasteiger partial charge in [0.05, 0.1) is 5.69 Å². The van der Waals surface area contributed by atoms with Gasteiger partial charge in [-0.15, -0.1) is 0 Å². The van der Waals surface area contributed by atoms with Crippen LogP contribution in [-0.2, 0) is 0 Å². The maximum atomic E-state index is 11.2. The third-order valence-electron chi connectivity index (χ3n) is 3.19. The van der Waals surface area contributed by atoms with Gasteiger partial charge in [0.1, 0.15) is 11.6 Å². The number of aromatic carboxylic acids is 1. The first-order valence-corrected chi connectivity index (χ1v) is 6.22. The fourth-order valence-corrected chi connectivity index (χ4v) is 2.16. The molecule has 0 unspecified atom stereocenters. The molecule has 0 aliphatic carbocycles. The van der Waals surface area contributed by atoms with Crippen LogP contribution in [0.2, 0.25) is 0 Å². The number of carbonyl (C=O) groups excluding carboxylic acids is 1. The van der Waals surface area contributed by atoms with Crippen LogP contribution in [0.1, 0.15) is 16.1 Å². The number of aryl methyl sites for hydroxylation is 1. The second-order valence-corrected chi connectivity index (χ2v) is 4.53. The first-order chi connectivity index (χ1) is 9.66. The van der Waals surface area contributed by atoms with Crippen molar-refractivity contribution >= 4 is 28.3 Å². The number of carboxylic acids is 1. The van der Waals surface area contributed by atoms with E-state index in [1.54, 1.807) is 12.1 Å². The molecule has 0 aliphatic rings. The first-order valence-electron chi connectivity index (χ1n) is 6.22. The fraction of sp³-hybridized carbons (Fsp3) is 0.0625. The Morgan fingerprint density at radius 1 is 1.10 bits per heavy atom. The summed E-state index contributed by atoms with van der Waals surface area (Å²) in [4.78, 5) is 11.2. The number of furan rings is 1. The summed E-state index contributed by atoms with van der Waals surface area (Å²) in [6.07, 6.45) is 0. The van der Waals surface area contributed by atoms with Gasteiger partial charge in [0.25, 0.3) is 0 Å². The third-order valence-corrected chi connectivity index (χ3v) is 3.19. The molecule has 0 fully saturated rings. The number of hydrogen-bond acceptors (Lipinski definition) is 4. The summed E-state index contributed by atoms with van der Waals surface area (Å²) in [7, 11) is 0. The molecule has 1 aromatic heterocycles. The van der Waals surface area contributed by atoms with E-state index in [9.17, 15) is 9.90 Å². The Kier molecular flexibility index (Phi) is 5.24. The number of hydrogen-bond donors (Lipinski definition) is 1. The molecule has 100 valence electrons. The zero-order chi connectivity index (χ0) is 14.1. The number of fused-ring (bicyclic) bond motifs is 1. The molecule has 3 aromatic rings. The summed E-state index contributed by atoms with van der Waals surface area (Å²) in [5.41, 5.74) is 2.79. The van der Waals surface area contributed by atoms with Gasteiger partial charge in [-0.2, -0.15) is 0 Å². The summed E-state index contributed by atoms with van der Waals surface area (Å²) in [5, 5.41) is 15.1. The number of carboxylic acid groups (broad SMARTS) is 1. The molecule has 0 bridgehead atoms. The summed E-state index contributed by atoms with van der Waals surface area (Å²) in [6, 6.07) is 14.8. The quantitative estimate of drug-likeness (QED) is 0.684. The van der Waals surface area contributed by atoms with Crippen molar-refractivity contribution in [1.29, 1.82) is 0 Å². The van der Waals surface area contributed by atoms with Crippen LogP contribution in [0.25, 0.3) is 11.0 Å². The molecule has 5 heteroatoms. The minimum absolute atomic E-state index is 0. The number of carbonyl (C=O) groups is 1. The van der Waals surface area contributed by atoms with Crippen molar-refractivity contribution in [3.63, 3.8) is 0 Å². The van der Waals surface area contributed by atoms with E-state index in [1.807, 2.05) is 43.3 Å². The third kappa shape index (κ3) is 3.22. The molecule has 0 radical (unpaired) electrons. The topological polar surface area (TPSA) is 65.3 Å². The largest absolute Gasteiger partial charge is 1.00 e. The van der Waals surface area contributed by atoms with Crippen molar-refractivity contribution in [1.82, 2.24) is 0 Å². The van der Waals surface area contributed by atoms with Crippen LogP contribution < -0.4 is 61.8 Å². The van der Waals surface area contributed by atoms with E-state index in [2.05, 4.69) is 5.32 Å². The number of rotatable bonds is 3. The van der Waals surface area contributed by atoms with E-state index < -0.39 is 5.97 Å². The molecule has 21 heavy (non-hydrogen) atoms. The average molecular weight is 305 g/mol. The predicted molar refractivity (Wildman–Crippen MR) is 75.0 cm³/mol. The van der Waals surface area contributed by atoms with Crippen molar-refractivity contribution in [2.24, 2.45) is 0 Å². The molecule has 4 nitrogen and oxygen atoms in total. The Balaban J connectivity index is 0.00000161. The van der Waals surface area contributed by atoms with Gasteiger partial charge in [0, 0.05) is 11.1 Å². The normalized spacial score (nSPS) is 10.1. The van der Waals surface area contributed by atoms with Gasteiger partial charge >= 0.3 is 51.4 Å². The van der Waals surface area contributed by atoms with Crippen LogP contribution in [0.3, 0.4) is 0 Å². The molecule has 1 N–H and O–H groups in total. The van der Waals surface area contributed by atoms with Gasteiger partial charge in [0.2, 0.25) is 0 Å². The number of nitrogens with one attached hydrogen (secondary N) is 1. The fourth-order valence-electron chi connectivity index (χ4n) is 2.16. The number of para-hydroxylation sites is 2. The van der Waals surface area contributed by atoms with Gasteiger partial charge in [-0.1, -0.05) is 30.3 Å². The van der Waals surface area contributed by atoms with E-state index >= 15 is 0 Å². The molecule has 0 aliphatic heterocycles. The van der Waals surface area contributed by atoms with Crippen molar-refractivity contribution in [2.75, 3.05) is 5.32 Å². The molecule has 0 saturated heterocycles. The second-order valence-electron chi connectivity index (χ2n) is 4.53. The molecular weight excluding hydrogens is 293 g/mol. The van der Waals surface area contributed by atoms with Gasteiger partial charge < -0.3 is 19.6 Å². The zero-order valence-electron chi connectivity index (χ0n) is 11.8. The Labute approximate surface area is 164 Å². The number of benzene rings is 2. The first kappa shape index (κ1) is 16.3. The maximum Gasteiger partial charge on any atom is 1.00 e. The van der Waals surface area contributed by atoms with E-state index in [4.69, 9.17) is 4.42 Å². The average Bonchev–Trinajstić information content (AvgIpc) is 2.81. The molecule has 0 spiro atoms.